The zero-order chi connectivity index (χ0) is 12.3. The number of amides is 1. The minimum Gasteiger partial charge on any atom is -0.495 e. The summed E-state index contributed by atoms with van der Waals surface area (Å²) in [5.74, 6) is 0.361. The summed E-state index contributed by atoms with van der Waals surface area (Å²) < 4.78 is 5.09. The third-order valence-corrected chi connectivity index (χ3v) is 2.84. The number of alkyl halides is 1. The van der Waals surface area contributed by atoms with Gasteiger partial charge in [-0.05, 0) is 24.6 Å². The fourth-order valence-corrected chi connectivity index (χ4v) is 1.80. The van der Waals surface area contributed by atoms with Crippen LogP contribution in [0.3, 0.4) is 0 Å². The van der Waals surface area contributed by atoms with Gasteiger partial charge in [0.15, 0.2) is 0 Å². The third-order valence-electron chi connectivity index (χ3n) is 2.32. The van der Waals surface area contributed by atoms with E-state index in [9.17, 15) is 4.79 Å². The number of hydrogen-bond acceptors (Lipinski definition) is 2. The smallest absolute Gasteiger partial charge is 0.241 e. The number of benzene rings is 1. The van der Waals surface area contributed by atoms with Crippen molar-refractivity contribution in [3.8, 4) is 5.75 Å². The van der Waals surface area contributed by atoms with Crippen LogP contribution in [0.25, 0.3) is 0 Å². The first-order chi connectivity index (χ1) is 7.51. The van der Waals surface area contributed by atoms with E-state index in [0.29, 0.717) is 10.8 Å². The van der Waals surface area contributed by atoms with Crippen molar-refractivity contribution in [3.05, 3.63) is 22.7 Å². The Bertz CT molecular complexity index is 407. The van der Waals surface area contributed by atoms with Crippen LogP contribution >= 0.6 is 23.2 Å². The number of aryl methyl sites for hydroxylation is 1. The Labute approximate surface area is 105 Å². The summed E-state index contributed by atoms with van der Waals surface area (Å²) in [6.07, 6.45) is 0. The fraction of sp³-hybridized carbons (Fsp3) is 0.364. The molecular weight excluding hydrogens is 249 g/mol. The standard InChI is InChI=1S/C11H13Cl2NO2/c1-7-4-10(16-3)8(13)5-9(7)14(2)11(15)6-12/h4-5H,6H2,1-3H3. The second-order valence-corrected chi connectivity index (χ2v) is 4.03. The third kappa shape index (κ3) is 2.60. The van der Waals surface area contributed by atoms with E-state index in [1.165, 1.54) is 4.90 Å². The van der Waals surface area contributed by atoms with E-state index in [1.807, 2.05) is 6.92 Å². The van der Waals surface area contributed by atoms with Crippen molar-refractivity contribution in [2.45, 2.75) is 6.92 Å². The summed E-state index contributed by atoms with van der Waals surface area (Å²) in [5, 5.41) is 0.470. The van der Waals surface area contributed by atoms with Gasteiger partial charge in [-0.2, -0.15) is 0 Å². The molecule has 0 aliphatic heterocycles. The van der Waals surface area contributed by atoms with E-state index in [0.717, 1.165) is 11.3 Å². The van der Waals surface area contributed by atoms with Gasteiger partial charge in [-0.15, -0.1) is 11.6 Å². The summed E-state index contributed by atoms with van der Waals surface area (Å²) in [5.41, 5.74) is 1.64. The summed E-state index contributed by atoms with van der Waals surface area (Å²) >= 11 is 11.5. The lowest BCUT2D eigenvalue weighted by Gasteiger charge is -2.19. The Morgan fingerprint density at radius 1 is 1.50 bits per heavy atom. The molecule has 0 radical (unpaired) electrons. The van der Waals surface area contributed by atoms with Crippen LogP contribution in [0.4, 0.5) is 5.69 Å². The number of rotatable bonds is 3. The van der Waals surface area contributed by atoms with Gasteiger partial charge in [0.25, 0.3) is 0 Å². The van der Waals surface area contributed by atoms with Gasteiger partial charge in [-0.25, -0.2) is 0 Å². The first kappa shape index (κ1) is 13.1. The molecule has 1 rings (SSSR count). The topological polar surface area (TPSA) is 29.5 Å². The fourth-order valence-electron chi connectivity index (χ4n) is 1.39. The Balaban J connectivity index is 3.15. The van der Waals surface area contributed by atoms with E-state index in [2.05, 4.69) is 0 Å². The zero-order valence-corrected chi connectivity index (χ0v) is 10.9. The quantitative estimate of drug-likeness (QED) is 0.784. The number of carbonyl (C=O) groups is 1. The van der Waals surface area contributed by atoms with Crippen molar-refractivity contribution in [2.75, 3.05) is 24.9 Å². The molecule has 1 aromatic rings. The molecule has 0 aliphatic carbocycles. The molecule has 0 aromatic heterocycles. The Morgan fingerprint density at radius 3 is 2.62 bits per heavy atom. The second kappa shape index (κ2) is 5.41. The number of carbonyl (C=O) groups excluding carboxylic acids is 1. The van der Waals surface area contributed by atoms with Crippen molar-refractivity contribution in [2.24, 2.45) is 0 Å². The van der Waals surface area contributed by atoms with Crippen molar-refractivity contribution < 1.29 is 9.53 Å². The van der Waals surface area contributed by atoms with Gasteiger partial charge in [0.2, 0.25) is 5.91 Å². The van der Waals surface area contributed by atoms with Gasteiger partial charge in [0.1, 0.15) is 11.6 Å². The van der Waals surface area contributed by atoms with E-state index in [-0.39, 0.29) is 11.8 Å². The molecule has 0 N–H and O–H groups in total. The number of halogens is 2. The maximum Gasteiger partial charge on any atom is 0.241 e. The Hall–Kier alpha value is -0.930. The van der Waals surface area contributed by atoms with Gasteiger partial charge in [0, 0.05) is 12.7 Å². The highest BCUT2D eigenvalue weighted by molar-refractivity contribution is 6.32. The molecule has 16 heavy (non-hydrogen) atoms. The van der Waals surface area contributed by atoms with Crippen LogP contribution in [-0.4, -0.2) is 25.9 Å². The van der Waals surface area contributed by atoms with Crippen LogP contribution in [-0.2, 0) is 4.79 Å². The molecule has 0 aliphatic rings. The molecule has 0 saturated carbocycles. The van der Waals surface area contributed by atoms with Crippen molar-refractivity contribution >= 4 is 34.8 Å². The van der Waals surface area contributed by atoms with E-state index in [4.69, 9.17) is 27.9 Å². The van der Waals surface area contributed by atoms with Crippen molar-refractivity contribution in [1.29, 1.82) is 0 Å². The molecule has 0 saturated heterocycles. The van der Waals surface area contributed by atoms with Gasteiger partial charge < -0.3 is 9.64 Å². The van der Waals surface area contributed by atoms with Gasteiger partial charge >= 0.3 is 0 Å². The normalized spacial score (nSPS) is 10.1. The molecule has 0 heterocycles. The molecule has 0 spiro atoms. The number of nitrogens with zero attached hydrogens (tertiary/aromatic N) is 1. The van der Waals surface area contributed by atoms with Crippen LogP contribution in [0.15, 0.2) is 12.1 Å². The van der Waals surface area contributed by atoms with E-state index >= 15 is 0 Å². The highest BCUT2D eigenvalue weighted by Gasteiger charge is 2.14. The Morgan fingerprint density at radius 2 is 2.12 bits per heavy atom. The lowest BCUT2D eigenvalue weighted by atomic mass is 10.1. The van der Waals surface area contributed by atoms with Crippen LogP contribution in [0, 0.1) is 6.92 Å². The molecule has 1 aromatic carbocycles. The van der Waals surface area contributed by atoms with Crippen LogP contribution in [0.5, 0.6) is 5.75 Å². The first-order valence-corrected chi connectivity index (χ1v) is 5.59. The minimum atomic E-state index is -0.175. The van der Waals surface area contributed by atoms with E-state index < -0.39 is 0 Å². The molecule has 5 heteroatoms. The molecule has 3 nitrogen and oxygen atoms in total. The highest BCUT2D eigenvalue weighted by atomic mass is 35.5. The molecule has 0 fully saturated rings. The lowest BCUT2D eigenvalue weighted by Crippen LogP contribution is -2.27. The molecule has 0 unspecified atom stereocenters. The number of ether oxygens (including phenoxy) is 1. The van der Waals surface area contributed by atoms with Gasteiger partial charge in [0.05, 0.1) is 12.1 Å². The number of anilines is 1. The highest BCUT2D eigenvalue weighted by Crippen LogP contribution is 2.32. The average molecular weight is 262 g/mol. The van der Waals surface area contributed by atoms with Gasteiger partial charge in [-0.1, -0.05) is 11.6 Å². The summed E-state index contributed by atoms with van der Waals surface area (Å²) in [6, 6.07) is 3.48. The minimum absolute atomic E-state index is 0.0560. The second-order valence-electron chi connectivity index (χ2n) is 3.36. The maximum atomic E-state index is 11.4. The van der Waals surface area contributed by atoms with Gasteiger partial charge in [-0.3, -0.25) is 4.79 Å². The zero-order valence-electron chi connectivity index (χ0n) is 9.38. The SMILES string of the molecule is COc1cc(C)c(N(C)C(=O)CCl)cc1Cl. The Kier molecular flexibility index (Phi) is 4.44. The van der Waals surface area contributed by atoms with Crippen molar-refractivity contribution in [3.63, 3.8) is 0 Å². The molecule has 1 amide bonds. The van der Waals surface area contributed by atoms with Crippen molar-refractivity contribution in [1.82, 2.24) is 0 Å². The average Bonchev–Trinajstić information content (AvgIpc) is 2.29. The number of hydrogen-bond donors (Lipinski definition) is 0. The summed E-state index contributed by atoms with van der Waals surface area (Å²) in [4.78, 5) is 12.9. The molecule has 0 bridgehead atoms. The molecule has 0 atom stereocenters. The molecule has 88 valence electrons. The monoisotopic (exact) mass is 261 g/mol. The van der Waals surface area contributed by atoms with Crippen LogP contribution < -0.4 is 9.64 Å². The first-order valence-electron chi connectivity index (χ1n) is 4.68. The maximum absolute atomic E-state index is 11.4. The predicted octanol–water partition coefficient (Wildman–Crippen LogP) is 2.86. The lowest BCUT2D eigenvalue weighted by molar-refractivity contribution is -0.116. The largest absolute Gasteiger partial charge is 0.495 e. The predicted molar refractivity (Wildman–Crippen MR) is 66.9 cm³/mol. The summed E-state index contributed by atoms with van der Waals surface area (Å²) in [6.45, 7) is 1.88. The van der Waals surface area contributed by atoms with Crippen LogP contribution in [0.2, 0.25) is 5.02 Å². The van der Waals surface area contributed by atoms with Crippen LogP contribution in [0.1, 0.15) is 5.56 Å². The molecular formula is C11H13Cl2NO2. The summed E-state index contributed by atoms with van der Waals surface area (Å²) in [7, 11) is 3.21. The van der Waals surface area contributed by atoms with E-state index in [1.54, 1.807) is 26.3 Å². The number of methoxy groups -OCH3 is 1.